The van der Waals surface area contributed by atoms with Crippen LogP contribution in [-0.2, 0) is 0 Å². The van der Waals surface area contributed by atoms with Gasteiger partial charge in [-0.3, -0.25) is 0 Å². The molecule has 0 unspecified atom stereocenters. The summed E-state index contributed by atoms with van der Waals surface area (Å²) in [5.74, 6) is 0.314. The molecule has 1 N–H and O–H groups in total. The fraction of sp³-hybridized carbons (Fsp3) is 0.455. The van der Waals surface area contributed by atoms with Crippen molar-refractivity contribution in [3.63, 3.8) is 0 Å². The molecule has 1 fully saturated rings. The van der Waals surface area contributed by atoms with Gasteiger partial charge in [0.25, 0.3) is 0 Å². The average Bonchev–Trinajstić information content (AvgIpc) is 2.23. The summed E-state index contributed by atoms with van der Waals surface area (Å²) < 4.78 is 14.5. The summed E-state index contributed by atoms with van der Waals surface area (Å²) in [7, 11) is 0. The second-order valence-corrected chi connectivity index (χ2v) is 4.61. The van der Waals surface area contributed by atoms with E-state index >= 15 is 0 Å². The number of halogens is 2. The Morgan fingerprint density at radius 1 is 1.29 bits per heavy atom. The van der Waals surface area contributed by atoms with Crippen LogP contribution in [0, 0.1) is 5.82 Å². The van der Waals surface area contributed by atoms with E-state index in [9.17, 15) is 4.39 Å². The Labute approximate surface area is 91.8 Å². The summed E-state index contributed by atoms with van der Waals surface area (Å²) >= 11 is 3.38. The van der Waals surface area contributed by atoms with Gasteiger partial charge in [-0.25, -0.2) is 4.39 Å². The first-order valence-electron chi connectivity index (χ1n) is 4.93. The van der Waals surface area contributed by atoms with E-state index < -0.39 is 0 Å². The SMILES string of the molecule is Fc1ccc(Br)cc1C1CCNCC1. The zero-order valence-electron chi connectivity index (χ0n) is 7.89. The van der Waals surface area contributed by atoms with Gasteiger partial charge in [0, 0.05) is 4.47 Å². The van der Waals surface area contributed by atoms with E-state index in [-0.39, 0.29) is 5.82 Å². The van der Waals surface area contributed by atoms with Crippen LogP contribution in [-0.4, -0.2) is 13.1 Å². The Balaban J connectivity index is 2.24. The lowest BCUT2D eigenvalue weighted by Crippen LogP contribution is -2.27. The second kappa shape index (κ2) is 4.41. The summed E-state index contributed by atoms with van der Waals surface area (Å²) in [6.07, 6.45) is 2.07. The normalized spacial score (nSPS) is 18.4. The smallest absolute Gasteiger partial charge is 0.126 e. The first-order chi connectivity index (χ1) is 6.77. The third-order valence-electron chi connectivity index (χ3n) is 2.74. The van der Waals surface area contributed by atoms with Gasteiger partial charge in [0.1, 0.15) is 5.82 Å². The van der Waals surface area contributed by atoms with Crippen LogP contribution in [0.4, 0.5) is 4.39 Å². The Hall–Kier alpha value is -0.410. The molecule has 1 aliphatic heterocycles. The number of nitrogens with one attached hydrogen (secondary N) is 1. The minimum absolute atomic E-state index is 0.0694. The summed E-state index contributed by atoms with van der Waals surface area (Å²) in [5, 5.41) is 3.28. The molecule has 0 aliphatic carbocycles. The molecule has 1 aromatic rings. The molecule has 2 rings (SSSR count). The van der Waals surface area contributed by atoms with Crippen molar-refractivity contribution in [3.05, 3.63) is 34.1 Å². The van der Waals surface area contributed by atoms with Crippen LogP contribution < -0.4 is 5.32 Å². The third-order valence-corrected chi connectivity index (χ3v) is 3.23. The highest BCUT2D eigenvalue weighted by Crippen LogP contribution is 2.29. The van der Waals surface area contributed by atoms with Gasteiger partial charge >= 0.3 is 0 Å². The highest BCUT2D eigenvalue weighted by atomic mass is 79.9. The minimum Gasteiger partial charge on any atom is -0.317 e. The van der Waals surface area contributed by atoms with Crippen LogP contribution >= 0.6 is 15.9 Å². The molecule has 1 saturated heterocycles. The van der Waals surface area contributed by atoms with Gasteiger partial charge < -0.3 is 5.32 Å². The van der Waals surface area contributed by atoms with Gasteiger partial charge in [0.2, 0.25) is 0 Å². The maximum atomic E-state index is 13.5. The van der Waals surface area contributed by atoms with Gasteiger partial charge in [0.15, 0.2) is 0 Å². The van der Waals surface area contributed by atoms with Crippen molar-refractivity contribution in [1.29, 1.82) is 0 Å². The van der Waals surface area contributed by atoms with E-state index in [1.165, 1.54) is 0 Å². The molecule has 1 heterocycles. The standard InChI is InChI=1S/C11H13BrFN/c12-9-1-2-11(13)10(7-9)8-3-5-14-6-4-8/h1-2,7-8,14H,3-6H2. The van der Waals surface area contributed by atoms with Crippen molar-refractivity contribution < 1.29 is 4.39 Å². The molecule has 76 valence electrons. The van der Waals surface area contributed by atoms with Gasteiger partial charge in [-0.1, -0.05) is 15.9 Å². The van der Waals surface area contributed by atoms with Gasteiger partial charge in [0.05, 0.1) is 0 Å². The van der Waals surface area contributed by atoms with E-state index in [0.29, 0.717) is 5.92 Å². The van der Waals surface area contributed by atoms with E-state index in [0.717, 1.165) is 36.0 Å². The molecule has 1 nitrogen and oxygen atoms in total. The highest BCUT2D eigenvalue weighted by molar-refractivity contribution is 9.10. The lowest BCUT2D eigenvalue weighted by molar-refractivity contribution is 0.445. The van der Waals surface area contributed by atoms with Crippen molar-refractivity contribution in [2.24, 2.45) is 0 Å². The minimum atomic E-state index is -0.0694. The van der Waals surface area contributed by atoms with Crippen molar-refractivity contribution in [2.75, 3.05) is 13.1 Å². The Bertz CT molecular complexity index is 321. The van der Waals surface area contributed by atoms with Crippen molar-refractivity contribution in [3.8, 4) is 0 Å². The quantitative estimate of drug-likeness (QED) is 0.816. The maximum absolute atomic E-state index is 13.5. The first kappa shape index (κ1) is 10.1. The largest absolute Gasteiger partial charge is 0.317 e. The van der Waals surface area contributed by atoms with Crippen LogP contribution in [0.25, 0.3) is 0 Å². The molecular formula is C11H13BrFN. The predicted molar refractivity (Wildman–Crippen MR) is 58.9 cm³/mol. The van der Waals surface area contributed by atoms with Crippen LogP contribution in [0.1, 0.15) is 24.3 Å². The topological polar surface area (TPSA) is 12.0 Å². The molecule has 0 saturated carbocycles. The summed E-state index contributed by atoms with van der Waals surface area (Å²) in [5.41, 5.74) is 0.862. The molecule has 3 heteroatoms. The lowest BCUT2D eigenvalue weighted by Gasteiger charge is -2.23. The molecular weight excluding hydrogens is 245 g/mol. The molecule has 0 spiro atoms. The molecule has 14 heavy (non-hydrogen) atoms. The number of piperidine rings is 1. The second-order valence-electron chi connectivity index (χ2n) is 3.69. The van der Waals surface area contributed by atoms with Gasteiger partial charge in [-0.15, -0.1) is 0 Å². The number of rotatable bonds is 1. The Morgan fingerprint density at radius 2 is 2.00 bits per heavy atom. The number of benzene rings is 1. The van der Waals surface area contributed by atoms with E-state index in [1.807, 2.05) is 6.07 Å². The average molecular weight is 258 g/mol. The van der Waals surface area contributed by atoms with E-state index in [4.69, 9.17) is 0 Å². The van der Waals surface area contributed by atoms with Crippen molar-refractivity contribution >= 4 is 15.9 Å². The van der Waals surface area contributed by atoms with Crippen molar-refractivity contribution in [2.45, 2.75) is 18.8 Å². The molecule has 1 aliphatic rings. The fourth-order valence-corrected chi connectivity index (χ4v) is 2.34. The Morgan fingerprint density at radius 3 is 2.71 bits per heavy atom. The van der Waals surface area contributed by atoms with E-state index in [2.05, 4.69) is 21.2 Å². The van der Waals surface area contributed by atoms with Crippen LogP contribution in [0.3, 0.4) is 0 Å². The summed E-state index contributed by atoms with van der Waals surface area (Å²) in [6, 6.07) is 5.20. The molecule has 0 atom stereocenters. The van der Waals surface area contributed by atoms with Gasteiger partial charge in [-0.05, 0) is 55.6 Å². The molecule has 0 bridgehead atoms. The highest BCUT2D eigenvalue weighted by Gasteiger charge is 2.18. The maximum Gasteiger partial charge on any atom is 0.126 e. The number of hydrogen-bond donors (Lipinski definition) is 1. The molecule has 0 aromatic heterocycles. The molecule has 1 aromatic carbocycles. The van der Waals surface area contributed by atoms with E-state index in [1.54, 1.807) is 12.1 Å². The first-order valence-corrected chi connectivity index (χ1v) is 5.72. The van der Waals surface area contributed by atoms with Crippen LogP contribution in [0.2, 0.25) is 0 Å². The Kier molecular flexibility index (Phi) is 3.19. The van der Waals surface area contributed by atoms with Crippen LogP contribution in [0.15, 0.2) is 22.7 Å². The van der Waals surface area contributed by atoms with Crippen LogP contribution in [0.5, 0.6) is 0 Å². The summed E-state index contributed by atoms with van der Waals surface area (Å²) in [6.45, 7) is 1.99. The monoisotopic (exact) mass is 257 g/mol. The fourth-order valence-electron chi connectivity index (χ4n) is 1.96. The zero-order valence-corrected chi connectivity index (χ0v) is 9.48. The predicted octanol–water partition coefficient (Wildman–Crippen LogP) is 3.06. The zero-order chi connectivity index (χ0) is 9.97. The van der Waals surface area contributed by atoms with Gasteiger partial charge in [-0.2, -0.15) is 0 Å². The summed E-state index contributed by atoms with van der Waals surface area (Å²) in [4.78, 5) is 0. The lowest BCUT2D eigenvalue weighted by atomic mass is 9.90. The molecule has 0 radical (unpaired) electrons. The molecule has 0 amide bonds. The third kappa shape index (κ3) is 2.15. The van der Waals surface area contributed by atoms with Crippen molar-refractivity contribution in [1.82, 2.24) is 5.32 Å². The number of hydrogen-bond acceptors (Lipinski definition) is 1.